The number of hydrogen-bond acceptors (Lipinski definition) is 4. The van der Waals surface area contributed by atoms with Gasteiger partial charge in [-0.2, -0.15) is 0 Å². The molecule has 0 fully saturated rings. The van der Waals surface area contributed by atoms with E-state index in [9.17, 15) is 0 Å². The molecule has 0 saturated carbocycles. The van der Waals surface area contributed by atoms with Crippen LogP contribution in [0.3, 0.4) is 0 Å². The van der Waals surface area contributed by atoms with E-state index in [1.165, 1.54) is 0 Å². The number of hydrogen-bond donors (Lipinski definition) is 1. The minimum atomic E-state index is 0.592. The van der Waals surface area contributed by atoms with E-state index in [0.29, 0.717) is 11.6 Å². The molecule has 2 aromatic rings. The Kier molecular flexibility index (Phi) is 3.25. The molecule has 2 rings (SSSR count). The first-order valence-electron chi connectivity index (χ1n) is 5.00. The summed E-state index contributed by atoms with van der Waals surface area (Å²) in [5.74, 6) is 1.30. The van der Waals surface area contributed by atoms with Gasteiger partial charge in [-0.3, -0.25) is 0 Å². The summed E-state index contributed by atoms with van der Waals surface area (Å²) in [5, 5.41) is 0. The second-order valence-corrected chi connectivity index (χ2v) is 5.92. The predicted octanol–water partition coefficient (Wildman–Crippen LogP) is 3.42. The van der Waals surface area contributed by atoms with Crippen molar-refractivity contribution in [2.24, 2.45) is 0 Å². The van der Waals surface area contributed by atoms with Crippen LogP contribution in [0.2, 0.25) is 0 Å². The van der Waals surface area contributed by atoms with Crippen LogP contribution in [0.1, 0.15) is 18.2 Å². The van der Waals surface area contributed by atoms with Crippen molar-refractivity contribution >= 4 is 33.1 Å². The molecule has 0 aliphatic heterocycles. The highest BCUT2D eigenvalue weighted by molar-refractivity contribution is 9.11. The second-order valence-electron chi connectivity index (χ2n) is 3.45. The molecule has 0 aliphatic rings. The van der Waals surface area contributed by atoms with E-state index in [1.54, 1.807) is 11.3 Å². The van der Waals surface area contributed by atoms with Gasteiger partial charge in [-0.25, -0.2) is 9.97 Å². The predicted molar refractivity (Wildman–Crippen MR) is 71.6 cm³/mol. The molecule has 2 heterocycles. The molecule has 2 N–H and O–H groups in total. The van der Waals surface area contributed by atoms with E-state index in [2.05, 4.69) is 32.8 Å². The van der Waals surface area contributed by atoms with Gasteiger partial charge in [0.1, 0.15) is 5.82 Å². The van der Waals surface area contributed by atoms with Gasteiger partial charge in [0.15, 0.2) is 5.82 Å². The highest BCUT2D eigenvalue weighted by Gasteiger charge is 2.10. The van der Waals surface area contributed by atoms with E-state index < -0.39 is 0 Å². The summed E-state index contributed by atoms with van der Waals surface area (Å²) in [6, 6.07) is 3.98. The second kappa shape index (κ2) is 4.51. The Balaban J connectivity index is 2.52. The molecular weight excluding hydrogens is 286 g/mol. The van der Waals surface area contributed by atoms with Crippen LogP contribution in [-0.4, -0.2) is 9.97 Å². The summed E-state index contributed by atoms with van der Waals surface area (Å²) in [5.41, 5.74) is 7.93. The van der Waals surface area contributed by atoms with Gasteiger partial charge in [-0.1, -0.05) is 6.92 Å². The van der Waals surface area contributed by atoms with Gasteiger partial charge >= 0.3 is 0 Å². The Morgan fingerprint density at radius 1 is 1.38 bits per heavy atom. The number of nitrogen functional groups attached to an aromatic ring is 1. The van der Waals surface area contributed by atoms with Crippen LogP contribution in [0.25, 0.3) is 10.7 Å². The molecule has 0 unspecified atom stereocenters. The maximum Gasteiger partial charge on any atom is 0.171 e. The minimum Gasteiger partial charge on any atom is -0.383 e. The van der Waals surface area contributed by atoms with Crippen molar-refractivity contribution in [2.75, 3.05) is 5.73 Å². The van der Waals surface area contributed by atoms with Gasteiger partial charge in [-0.05, 0) is 41.4 Å². The lowest BCUT2D eigenvalue weighted by atomic mass is 10.1. The number of anilines is 1. The Hall–Kier alpha value is -0.940. The monoisotopic (exact) mass is 297 g/mol. The molecule has 84 valence electrons. The van der Waals surface area contributed by atoms with Crippen molar-refractivity contribution in [1.82, 2.24) is 9.97 Å². The normalized spacial score (nSPS) is 10.7. The Morgan fingerprint density at radius 2 is 2.12 bits per heavy atom. The topological polar surface area (TPSA) is 51.8 Å². The smallest absolute Gasteiger partial charge is 0.171 e. The number of nitrogens with zero attached hydrogens (tertiary/aromatic N) is 2. The lowest BCUT2D eigenvalue weighted by molar-refractivity contribution is 1.01. The number of halogens is 1. The molecule has 2 aromatic heterocycles. The third kappa shape index (κ3) is 2.10. The fraction of sp³-hybridized carbons (Fsp3) is 0.273. The van der Waals surface area contributed by atoms with Crippen LogP contribution < -0.4 is 5.73 Å². The van der Waals surface area contributed by atoms with Crippen molar-refractivity contribution < 1.29 is 0 Å². The molecule has 3 nitrogen and oxygen atoms in total. The van der Waals surface area contributed by atoms with Crippen LogP contribution in [0.15, 0.2) is 15.9 Å². The van der Waals surface area contributed by atoms with Gasteiger partial charge < -0.3 is 5.73 Å². The summed E-state index contributed by atoms with van der Waals surface area (Å²) in [6.07, 6.45) is 0.867. The first-order valence-corrected chi connectivity index (χ1v) is 6.61. The number of aryl methyl sites for hydroxylation is 1. The van der Waals surface area contributed by atoms with E-state index >= 15 is 0 Å². The molecule has 0 aliphatic carbocycles. The standard InChI is InChI=1S/C11H12BrN3S/c1-3-7-6(2)14-11(15-10(7)13)8-4-5-9(12)16-8/h4-5H,3H2,1-2H3,(H2,13,14,15). The molecule has 0 bridgehead atoms. The average molecular weight is 298 g/mol. The highest BCUT2D eigenvalue weighted by atomic mass is 79.9. The number of rotatable bonds is 2. The van der Waals surface area contributed by atoms with E-state index in [-0.39, 0.29) is 0 Å². The van der Waals surface area contributed by atoms with Crippen LogP contribution in [0.4, 0.5) is 5.82 Å². The number of nitrogens with two attached hydrogens (primary N) is 1. The van der Waals surface area contributed by atoms with Crippen molar-refractivity contribution in [3.8, 4) is 10.7 Å². The van der Waals surface area contributed by atoms with Gasteiger partial charge in [0, 0.05) is 11.3 Å². The van der Waals surface area contributed by atoms with Gasteiger partial charge in [0.2, 0.25) is 0 Å². The zero-order valence-corrected chi connectivity index (χ0v) is 11.5. The third-order valence-electron chi connectivity index (χ3n) is 2.39. The molecule has 5 heteroatoms. The summed E-state index contributed by atoms with van der Waals surface area (Å²) >= 11 is 5.03. The molecule has 0 amide bonds. The van der Waals surface area contributed by atoms with Crippen molar-refractivity contribution in [3.63, 3.8) is 0 Å². The Morgan fingerprint density at radius 3 is 2.62 bits per heavy atom. The molecule has 0 saturated heterocycles. The van der Waals surface area contributed by atoms with E-state index in [4.69, 9.17) is 5.73 Å². The summed E-state index contributed by atoms with van der Waals surface area (Å²) in [6.45, 7) is 4.03. The highest BCUT2D eigenvalue weighted by Crippen LogP contribution is 2.30. The Labute approximate surface area is 107 Å². The first kappa shape index (κ1) is 11.5. The SMILES string of the molecule is CCc1c(C)nc(-c2ccc(Br)s2)nc1N. The quantitative estimate of drug-likeness (QED) is 0.924. The third-order valence-corrected chi connectivity index (χ3v) is 4.01. The van der Waals surface area contributed by atoms with Crippen molar-refractivity contribution in [2.45, 2.75) is 20.3 Å². The lowest BCUT2D eigenvalue weighted by Gasteiger charge is -2.07. The summed E-state index contributed by atoms with van der Waals surface area (Å²) in [7, 11) is 0. The van der Waals surface area contributed by atoms with Crippen LogP contribution in [0, 0.1) is 6.92 Å². The van der Waals surface area contributed by atoms with Crippen LogP contribution in [-0.2, 0) is 6.42 Å². The average Bonchev–Trinajstić information content (AvgIpc) is 2.64. The molecule has 0 atom stereocenters. The van der Waals surface area contributed by atoms with Crippen molar-refractivity contribution in [3.05, 3.63) is 27.2 Å². The van der Waals surface area contributed by atoms with E-state index in [0.717, 1.165) is 26.3 Å². The number of aromatic nitrogens is 2. The first-order chi connectivity index (χ1) is 7.61. The lowest BCUT2D eigenvalue weighted by Crippen LogP contribution is -2.03. The molecule has 0 radical (unpaired) electrons. The number of thiophene rings is 1. The van der Waals surface area contributed by atoms with E-state index in [1.807, 2.05) is 19.1 Å². The maximum atomic E-state index is 5.92. The fourth-order valence-corrected chi connectivity index (χ4v) is 2.92. The van der Waals surface area contributed by atoms with Crippen molar-refractivity contribution in [1.29, 1.82) is 0 Å². The van der Waals surface area contributed by atoms with Gasteiger partial charge in [-0.15, -0.1) is 11.3 Å². The largest absolute Gasteiger partial charge is 0.383 e. The maximum absolute atomic E-state index is 5.92. The zero-order valence-electron chi connectivity index (χ0n) is 9.12. The summed E-state index contributed by atoms with van der Waals surface area (Å²) < 4.78 is 1.07. The fourth-order valence-electron chi connectivity index (χ4n) is 1.60. The summed E-state index contributed by atoms with van der Waals surface area (Å²) in [4.78, 5) is 9.86. The molecule has 0 aromatic carbocycles. The molecular formula is C11H12BrN3S. The van der Waals surface area contributed by atoms with Crippen LogP contribution in [0.5, 0.6) is 0 Å². The minimum absolute atomic E-state index is 0.592. The van der Waals surface area contributed by atoms with Gasteiger partial charge in [0.05, 0.1) is 8.66 Å². The molecule has 16 heavy (non-hydrogen) atoms. The van der Waals surface area contributed by atoms with Gasteiger partial charge in [0.25, 0.3) is 0 Å². The van der Waals surface area contributed by atoms with Crippen LogP contribution >= 0.6 is 27.3 Å². The Bertz CT molecular complexity index is 499. The molecule has 0 spiro atoms. The zero-order chi connectivity index (χ0) is 11.7.